The molecule has 0 saturated carbocycles. The molecule has 1 atom stereocenters. The van der Waals surface area contributed by atoms with Crippen LogP contribution in [0, 0.1) is 0 Å². The zero-order valence-electron chi connectivity index (χ0n) is 9.97. The number of aliphatic carboxylic acids is 1. The lowest BCUT2D eigenvalue weighted by molar-refractivity contribution is -0.138. The minimum absolute atomic E-state index is 0.291. The molecule has 0 aliphatic carbocycles. The summed E-state index contributed by atoms with van der Waals surface area (Å²) in [5, 5.41) is 11.0. The molecule has 96 valence electrons. The van der Waals surface area contributed by atoms with Crippen LogP contribution in [-0.4, -0.2) is 29.0 Å². The normalized spacial score (nSPS) is 11.4. The van der Waals surface area contributed by atoms with E-state index >= 15 is 0 Å². The minimum atomic E-state index is -1.11. The standard InChI is InChI=1S/C12H13NO5/c1-7(12(16)17)13-11(15)9-3-5-10(6-4-9)18-8(2)14/h3-7H,1-2H3,(H,13,15)(H,16,17)/t7-/m0/s1. The highest BCUT2D eigenvalue weighted by Gasteiger charge is 2.15. The van der Waals surface area contributed by atoms with Crippen LogP contribution >= 0.6 is 0 Å². The van der Waals surface area contributed by atoms with E-state index in [1.807, 2.05) is 0 Å². The van der Waals surface area contributed by atoms with Gasteiger partial charge in [-0.25, -0.2) is 0 Å². The van der Waals surface area contributed by atoms with Crippen molar-refractivity contribution in [3.63, 3.8) is 0 Å². The van der Waals surface area contributed by atoms with Gasteiger partial charge in [0.05, 0.1) is 0 Å². The number of esters is 1. The Balaban J connectivity index is 2.70. The Morgan fingerprint density at radius 1 is 1.22 bits per heavy atom. The second-order valence-electron chi connectivity index (χ2n) is 3.65. The Bertz CT molecular complexity index is 466. The molecule has 1 aromatic carbocycles. The zero-order valence-corrected chi connectivity index (χ0v) is 9.97. The molecule has 1 rings (SSSR count). The molecule has 0 fully saturated rings. The summed E-state index contributed by atoms with van der Waals surface area (Å²) in [7, 11) is 0. The monoisotopic (exact) mass is 251 g/mol. The van der Waals surface area contributed by atoms with E-state index in [2.05, 4.69) is 5.32 Å². The van der Waals surface area contributed by atoms with Crippen LogP contribution in [-0.2, 0) is 9.59 Å². The number of carbonyl (C=O) groups is 3. The average Bonchev–Trinajstić information content (AvgIpc) is 2.28. The summed E-state index contributed by atoms with van der Waals surface area (Å²) in [5.41, 5.74) is 0.291. The fourth-order valence-corrected chi connectivity index (χ4v) is 1.18. The molecule has 18 heavy (non-hydrogen) atoms. The van der Waals surface area contributed by atoms with Gasteiger partial charge in [-0.3, -0.25) is 14.4 Å². The van der Waals surface area contributed by atoms with Crippen molar-refractivity contribution in [1.82, 2.24) is 5.32 Å². The molecule has 0 radical (unpaired) electrons. The van der Waals surface area contributed by atoms with Gasteiger partial charge in [-0.15, -0.1) is 0 Å². The molecule has 0 heterocycles. The summed E-state index contributed by atoms with van der Waals surface area (Å²) >= 11 is 0. The van der Waals surface area contributed by atoms with Crippen molar-refractivity contribution in [2.24, 2.45) is 0 Å². The quantitative estimate of drug-likeness (QED) is 0.610. The fraction of sp³-hybridized carbons (Fsp3) is 0.250. The number of amides is 1. The van der Waals surface area contributed by atoms with Crippen LogP contribution in [0.25, 0.3) is 0 Å². The van der Waals surface area contributed by atoms with Crippen molar-refractivity contribution >= 4 is 17.8 Å². The van der Waals surface area contributed by atoms with E-state index in [9.17, 15) is 14.4 Å². The summed E-state index contributed by atoms with van der Waals surface area (Å²) in [4.78, 5) is 32.9. The number of benzene rings is 1. The van der Waals surface area contributed by atoms with Gasteiger partial charge in [0.2, 0.25) is 0 Å². The van der Waals surface area contributed by atoms with Crippen molar-refractivity contribution in [2.75, 3.05) is 0 Å². The average molecular weight is 251 g/mol. The lowest BCUT2D eigenvalue weighted by Crippen LogP contribution is -2.38. The van der Waals surface area contributed by atoms with Gasteiger partial charge >= 0.3 is 11.9 Å². The number of hydrogen-bond donors (Lipinski definition) is 2. The molecule has 0 spiro atoms. The minimum Gasteiger partial charge on any atom is -0.480 e. The van der Waals surface area contributed by atoms with Crippen molar-refractivity contribution < 1.29 is 24.2 Å². The molecule has 1 aromatic rings. The van der Waals surface area contributed by atoms with Gasteiger partial charge in [-0.1, -0.05) is 0 Å². The molecule has 2 N–H and O–H groups in total. The van der Waals surface area contributed by atoms with Crippen molar-refractivity contribution in [2.45, 2.75) is 19.9 Å². The molecule has 6 nitrogen and oxygen atoms in total. The van der Waals surface area contributed by atoms with Crippen LogP contribution in [0.4, 0.5) is 0 Å². The predicted octanol–water partition coefficient (Wildman–Crippen LogP) is 0.815. The number of nitrogens with one attached hydrogen (secondary N) is 1. The largest absolute Gasteiger partial charge is 0.480 e. The Kier molecular flexibility index (Phi) is 4.42. The van der Waals surface area contributed by atoms with Gasteiger partial charge in [0, 0.05) is 12.5 Å². The number of rotatable bonds is 4. The molecule has 0 aliphatic rings. The molecule has 0 aromatic heterocycles. The van der Waals surface area contributed by atoms with E-state index in [4.69, 9.17) is 9.84 Å². The predicted molar refractivity (Wildman–Crippen MR) is 62.3 cm³/mol. The Morgan fingerprint density at radius 3 is 2.22 bits per heavy atom. The Morgan fingerprint density at radius 2 is 1.78 bits per heavy atom. The highest BCUT2D eigenvalue weighted by molar-refractivity contribution is 5.96. The van der Waals surface area contributed by atoms with Gasteiger partial charge in [0.1, 0.15) is 11.8 Å². The van der Waals surface area contributed by atoms with E-state index in [-0.39, 0.29) is 0 Å². The molecule has 6 heteroatoms. The molecule has 0 bridgehead atoms. The van der Waals surface area contributed by atoms with Crippen LogP contribution in [0.2, 0.25) is 0 Å². The molecular formula is C12H13NO5. The maximum absolute atomic E-state index is 11.6. The smallest absolute Gasteiger partial charge is 0.325 e. The van der Waals surface area contributed by atoms with Gasteiger partial charge in [-0.2, -0.15) is 0 Å². The van der Waals surface area contributed by atoms with Crippen LogP contribution in [0.5, 0.6) is 5.75 Å². The topological polar surface area (TPSA) is 92.7 Å². The van der Waals surface area contributed by atoms with E-state index in [1.165, 1.54) is 38.1 Å². The summed E-state index contributed by atoms with van der Waals surface area (Å²) in [6.07, 6.45) is 0. The SMILES string of the molecule is CC(=O)Oc1ccc(C(=O)N[C@@H](C)C(=O)O)cc1. The van der Waals surface area contributed by atoms with Gasteiger partial charge < -0.3 is 15.2 Å². The van der Waals surface area contributed by atoms with Gasteiger partial charge in [0.15, 0.2) is 0 Å². The third-order valence-electron chi connectivity index (χ3n) is 2.10. The summed E-state index contributed by atoms with van der Waals surface area (Å²) < 4.78 is 4.80. The lowest BCUT2D eigenvalue weighted by Gasteiger charge is -2.09. The maximum atomic E-state index is 11.6. The highest BCUT2D eigenvalue weighted by atomic mass is 16.5. The van der Waals surface area contributed by atoms with Gasteiger partial charge in [-0.05, 0) is 31.2 Å². The molecule has 1 amide bonds. The van der Waals surface area contributed by atoms with Crippen molar-refractivity contribution in [3.8, 4) is 5.75 Å². The molecular weight excluding hydrogens is 238 g/mol. The number of hydrogen-bond acceptors (Lipinski definition) is 4. The van der Waals surface area contributed by atoms with Crippen LogP contribution in [0.1, 0.15) is 24.2 Å². The number of carbonyl (C=O) groups excluding carboxylic acids is 2. The Labute approximate surface area is 104 Å². The van der Waals surface area contributed by atoms with Gasteiger partial charge in [0.25, 0.3) is 5.91 Å². The summed E-state index contributed by atoms with van der Waals surface area (Å²) in [5.74, 6) is -1.74. The first-order chi connectivity index (χ1) is 8.40. The first-order valence-corrected chi connectivity index (χ1v) is 5.22. The van der Waals surface area contributed by atoms with E-state index in [0.29, 0.717) is 11.3 Å². The van der Waals surface area contributed by atoms with Crippen LogP contribution in [0.15, 0.2) is 24.3 Å². The first-order valence-electron chi connectivity index (χ1n) is 5.22. The number of ether oxygens (including phenoxy) is 1. The molecule has 0 saturated heterocycles. The van der Waals surface area contributed by atoms with Crippen LogP contribution in [0.3, 0.4) is 0 Å². The first kappa shape index (κ1) is 13.7. The van der Waals surface area contributed by atoms with Crippen molar-refractivity contribution in [3.05, 3.63) is 29.8 Å². The third-order valence-corrected chi connectivity index (χ3v) is 2.10. The van der Waals surface area contributed by atoms with E-state index in [0.717, 1.165) is 0 Å². The second kappa shape index (κ2) is 5.81. The summed E-state index contributed by atoms with van der Waals surface area (Å²) in [6.45, 7) is 2.64. The third kappa shape index (κ3) is 3.89. The van der Waals surface area contributed by atoms with E-state index in [1.54, 1.807) is 0 Å². The highest BCUT2D eigenvalue weighted by Crippen LogP contribution is 2.12. The second-order valence-corrected chi connectivity index (χ2v) is 3.65. The number of carboxylic acid groups (broad SMARTS) is 1. The maximum Gasteiger partial charge on any atom is 0.325 e. The fourth-order valence-electron chi connectivity index (χ4n) is 1.18. The molecule has 0 unspecified atom stereocenters. The van der Waals surface area contributed by atoms with Crippen LogP contribution < -0.4 is 10.1 Å². The summed E-state index contributed by atoms with van der Waals surface area (Å²) in [6, 6.07) is 4.85. The van der Waals surface area contributed by atoms with E-state index < -0.39 is 23.9 Å². The van der Waals surface area contributed by atoms with Crippen molar-refractivity contribution in [1.29, 1.82) is 0 Å². The Hall–Kier alpha value is -2.37. The molecule has 0 aliphatic heterocycles. The zero-order chi connectivity index (χ0) is 13.7. The lowest BCUT2D eigenvalue weighted by atomic mass is 10.2. The number of carboxylic acids is 1.